The van der Waals surface area contributed by atoms with Crippen molar-refractivity contribution in [3.05, 3.63) is 49.9 Å². The number of fused-ring (bicyclic) bond motifs is 1. The first-order valence-corrected chi connectivity index (χ1v) is 8.93. The van der Waals surface area contributed by atoms with Gasteiger partial charge in [0.1, 0.15) is 0 Å². The highest BCUT2D eigenvalue weighted by Crippen LogP contribution is 2.37. The number of nitrogens with zero attached hydrogens (tertiary/aromatic N) is 1. The van der Waals surface area contributed by atoms with Gasteiger partial charge in [-0.05, 0) is 36.6 Å². The van der Waals surface area contributed by atoms with Crippen LogP contribution < -0.4 is 5.32 Å². The smallest absolute Gasteiger partial charge is 0.255 e. The molecule has 1 aliphatic rings. The molecule has 3 rings (SSSR count). The average molecular weight is 398 g/mol. The zero-order valence-corrected chi connectivity index (χ0v) is 15.3. The molecule has 0 radical (unpaired) electrons. The highest BCUT2D eigenvalue weighted by molar-refractivity contribution is 9.10. The molecule has 0 fully saturated rings. The van der Waals surface area contributed by atoms with Gasteiger partial charge in [-0.3, -0.25) is 10.1 Å². The number of hydrogen-bond acceptors (Lipinski definition) is 3. The van der Waals surface area contributed by atoms with Crippen LogP contribution in [0, 0.1) is 6.92 Å². The summed E-state index contributed by atoms with van der Waals surface area (Å²) in [5, 5.41) is 4.03. The van der Waals surface area contributed by atoms with E-state index in [1.165, 1.54) is 11.3 Å². The standard InChI is InChI=1S/C16H14BrClN2OS/c1-3-13-8(2)22-16(19-13)20-15(21)12-6-9-4-5-10(17)7-11(9)14(12)18/h4-5,7H,3,6H2,1-2H3,(H,19,20,21). The van der Waals surface area contributed by atoms with Crippen LogP contribution in [-0.2, 0) is 17.6 Å². The van der Waals surface area contributed by atoms with Gasteiger partial charge in [-0.15, -0.1) is 11.3 Å². The molecule has 0 aliphatic heterocycles. The van der Waals surface area contributed by atoms with Crippen LogP contribution in [0.3, 0.4) is 0 Å². The van der Waals surface area contributed by atoms with Crippen LogP contribution in [0.2, 0.25) is 0 Å². The number of thiazole rings is 1. The summed E-state index contributed by atoms with van der Waals surface area (Å²) < 4.78 is 0.953. The Kier molecular flexibility index (Phi) is 4.39. The lowest BCUT2D eigenvalue weighted by Gasteiger charge is -2.02. The number of halogens is 2. The molecule has 22 heavy (non-hydrogen) atoms. The maximum absolute atomic E-state index is 12.5. The molecule has 0 atom stereocenters. The van der Waals surface area contributed by atoms with Gasteiger partial charge in [-0.1, -0.05) is 40.5 Å². The van der Waals surface area contributed by atoms with Crippen molar-refractivity contribution in [1.82, 2.24) is 4.98 Å². The number of anilines is 1. The summed E-state index contributed by atoms with van der Waals surface area (Å²) in [7, 11) is 0. The van der Waals surface area contributed by atoms with Crippen molar-refractivity contribution in [2.75, 3.05) is 5.32 Å². The van der Waals surface area contributed by atoms with Crippen LogP contribution in [0.25, 0.3) is 5.03 Å². The van der Waals surface area contributed by atoms with E-state index in [4.69, 9.17) is 11.6 Å². The third kappa shape index (κ3) is 2.85. The first-order chi connectivity index (χ1) is 10.5. The summed E-state index contributed by atoms with van der Waals surface area (Å²) in [5.74, 6) is -0.172. The largest absolute Gasteiger partial charge is 0.298 e. The number of benzene rings is 1. The van der Waals surface area contributed by atoms with Crippen molar-refractivity contribution in [3.8, 4) is 0 Å². The van der Waals surface area contributed by atoms with E-state index in [1.54, 1.807) is 0 Å². The summed E-state index contributed by atoms with van der Waals surface area (Å²) in [6.45, 7) is 4.07. The number of rotatable bonds is 3. The van der Waals surface area contributed by atoms with Crippen LogP contribution in [0.5, 0.6) is 0 Å². The second-order valence-corrected chi connectivity index (χ2v) is 7.60. The molecule has 1 aromatic heterocycles. The van der Waals surface area contributed by atoms with E-state index in [9.17, 15) is 4.79 Å². The highest BCUT2D eigenvalue weighted by Gasteiger charge is 2.26. The van der Waals surface area contributed by atoms with Gasteiger partial charge >= 0.3 is 0 Å². The van der Waals surface area contributed by atoms with E-state index in [2.05, 4.69) is 33.2 Å². The van der Waals surface area contributed by atoms with E-state index >= 15 is 0 Å². The molecule has 1 aliphatic carbocycles. The lowest BCUT2D eigenvalue weighted by Crippen LogP contribution is -2.14. The molecule has 114 valence electrons. The van der Waals surface area contributed by atoms with Crippen molar-refractivity contribution in [2.24, 2.45) is 0 Å². The van der Waals surface area contributed by atoms with Gasteiger partial charge in [0.2, 0.25) is 0 Å². The van der Waals surface area contributed by atoms with E-state index in [1.807, 2.05) is 25.1 Å². The number of amides is 1. The Balaban J connectivity index is 1.84. The van der Waals surface area contributed by atoms with Crippen molar-refractivity contribution >= 4 is 54.9 Å². The van der Waals surface area contributed by atoms with Crippen LogP contribution in [0.15, 0.2) is 28.2 Å². The lowest BCUT2D eigenvalue weighted by molar-refractivity contribution is -0.112. The summed E-state index contributed by atoms with van der Waals surface area (Å²) >= 11 is 11.3. The fourth-order valence-electron chi connectivity index (χ4n) is 2.50. The highest BCUT2D eigenvalue weighted by atomic mass is 79.9. The summed E-state index contributed by atoms with van der Waals surface area (Å²) in [6, 6.07) is 5.90. The minimum Gasteiger partial charge on any atom is -0.298 e. The Morgan fingerprint density at radius 3 is 2.95 bits per heavy atom. The molecular weight excluding hydrogens is 384 g/mol. The van der Waals surface area contributed by atoms with Gasteiger partial charge < -0.3 is 0 Å². The Labute approximate surface area is 146 Å². The van der Waals surface area contributed by atoms with Gasteiger partial charge in [0.15, 0.2) is 5.13 Å². The quantitative estimate of drug-likeness (QED) is 0.798. The molecule has 0 unspecified atom stereocenters. The maximum Gasteiger partial charge on any atom is 0.255 e. The first kappa shape index (κ1) is 15.7. The predicted molar refractivity (Wildman–Crippen MR) is 95.5 cm³/mol. The van der Waals surface area contributed by atoms with Gasteiger partial charge in [0.25, 0.3) is 5.91 Å². The number of aryl methyl sites for hydroxylation is 2. The molecule has 3 nitrogen and oxygen atoms in total. The van der Waals surface area contributed by atoms with Crippen molar-refractivity contribution in [1.29, 1.82) is 0 Å². The zero-order valence-electron chi connectivity index (χ0n) is 12.2. The van der Waals surface area contributed by atoms with Crippen LogP contribution in [-0.4, -0.2) is 10.9 Å². The topological polar surface area (TPSA) is 42.0 Å². The SMILES string of the molecule is CCc1nc(NC(=O)C2=C(Cl)c3cc(Br)ccc3C2)sc1C. The van der Waals surface area contributed by atoms with E-state index in [-0.39, 0.29) is 5.91 Å². The third-order valence-corrected chi connectivity index (χ3v) is 5.52. The molecule has 0 bridgehead atoms. The van der Waals surface area contributed by atoms with E-state index in [0.717, 1.165) is 32.6 Å². The van der Waals surface area contributed by atoms with Crippen molar-refractivity contribution in [2.45, 2.75) is 26.7 Å². The van der Waals surface area contributed by atoms with Gasteiger partial charge in [-0.25, -0.2) is 4.98 Å². The second kappa shape index (κ2) is 6.14. The average Bonchev–Trinajstić information content (AvgIpc) is 2.99. The van der Waals surface area contributed by atoms with Crippen LogP contribution in [0.1, 0.15) is 28.6 Å². The van der Waals surface area contributed by atoms with Gasteiger partial charge in [-0.2, -0.15) is 0 Å². The molecule has 0 saturated carbocycles. The number of aromatic nitrogens is 1. The fraction of sp³-hybridized carbons (Fsp3) is 0.250. The Hall–Kier alpha value is -1.17. The third-order valence-electron chi connectivity index (χ3n) is 3.66. The van der Waals surface area contributed by atoms with Gasteiger partial charge in [0, 0.05) is 21.3 Å². The Bertz CT molecular complexity index is 797. The fourth-order valence-corrected chi connectivity index (χ4v) is 4.09. The molecule has 1 N–H and O–H groups in total. The van der Waals surface area contributed by atoms with Gasteiger partial charge in [0.05, 0.1) is 10.7 Å². The summed E-state index contributed by atoms with van der Waals surface area (Å²) in [5.41, 5.74) is 3.62. The summed E-state index contributed by atoms with van der Waals surface area (Å²) in [6.07, 6.45) is 1.42. The van der Waals surface area contributed by atoms with E-state index in [0.29, 0.717) is 22.2 Å². The molecular formula is C16H14BrClN2OS. The van der Waals surface area contributed by atoms with Crippen LogP contribution >= 0.6 is 38.9 Å². The van der Waals surface area contributed by atoms with Crippen molar-refractivity contribution in [3.63, 3.8) is 0 Å². The number of nitrogens with one attached hydrogen (secondary N) is 1. The Morgan fingerprint density at radius 1 is 1.50 bits per heavy atom. The first-order valence-electron chi connectivity index (χ1n) is 6.94. The zero-order chi connectivity index (χ0) is 15.9. The molecule has 0 spiro atoms. The minimum atomic E-state index is -0.172. The predicted octanol–water partition coefficient (Wildman–Crippen LogP) is 4.92. The monoisotopic (exact) mass is 396 g/mol. The normalized spacial score (nSPS) is 13.5. The van der Waals surface area contributed by atoms with E-state index < -0.39 is 0 Å². The number of carbonyl (C=O) groups excluding carboxylic acids is 1. The maximum atomic E-state index is 12.5. The molecule has 2 aromatic rings. The Morgan fingerprint density at radius 2 is 2.27 bits per heavy atom. The molecule has 6 heteroatoms. The second-order valence-electron chi connectivity index (χ2n) is 5.10. The molecule has 1 aromatic carbocycles. The van der Waals surface area contributed by atoms with Crippen molar-refractivity contribution < 1.29 is 4.79 Å². The van der Waals surface area contributed by atoms with Crippen LogP contribution in [0.4, 0.5) is 5.13 Å². The summed E-state index contributed by atoms with van der Waals surface area (Å²) in [4.78, 5) is 18.1. The number of carbonyl (C=O) groups is 1. The number of hydrogen-bond donors (Lipinski definition) is 1. The molecule has 1 heterocycles. The molecule has 0 saturated heterocycles. The lowest BCUT2D eigenvalue weighted by atomic mass is 10.1. The molecule has 1 amide bonds. The minimum absolute atomic E-state index is 0.172.